The summed E-state index contributed by atoms with van der Waals surface area (Å²) in [5.41, 5.74) is 1.12. The molecule has 1 heterocycles. The molecular weight excluding hydrogens is 266 g/mol. The van der Waals surface area contributed by atoms with Crippen LogP contribution in [0.25, 0.3) is 0 Å². The first kappa shape index (κ1) is 15.6. The minimum absolute atomic E-state index is 0.0885. The van der Waals surface area contributed by atoms with Crippen LogP contribution in [0.4, 0.5) is 5.69 Å². The molecule has 1 aromatic rings. The molecule has 0 bridgehead atoms. The number of aromatic hydroxyl groups is 1. The number of hydrogen-bond donors (Lipinski definition) is 2. The van der Waals surface area contributed by atoms with Crippen molar-refractivity contribution in [3.8, 4) is 5.75 Å². The summed E-state index contributed by atoms with van der Waals surface area (Å²) in [6.45, 7) is 9.45. The topological polar surface area (TPSA) is 55.8 Å². The second-order valence-electron chi connectivity index (χ2n) is 5.88. The number of anilines is 1. The number of piperazine rings is 1. The van der Waals surface area contributed by atoms with E-state index in [1.54, 1.807) is 12.1 Å². The fourth-order valence-corrected chi connectivity index (χ4v) is 2.60. The highest BCUT2D eigenvalue weighted by Crippen LogP contribution is 2.20. The van der Waals surface area contributed by atoms with E-state index < -0.39 is 0 Å². The van der Waals surface area contributed by atoms with Crippen LogP contribution >= 0.6 is 0 Å². The number of phenols is 1. The average Bonchev–Trinajstić information content (AvgIpc) is 2.47. The first-order valence-electron chi connectivity index (χ1n) is 7.56. The molecule has 0 unspecified atom stereocenters. The minimum atomic E-state index is -0.0885. The van der Waals surface area contributed by atoms with Gasteiger partial charge in [-0.05, 0) is 45.0 Å². The Morgan fingerprint density at radius 1 is 1.10 bits per heavy atom. The van der Waals surface area contributed by atoms with Crippen molar-refractivity contribution >= 4 is 11.6 Å². The summed E-state index contributed by atoms with van der Waals surface area (Å²) >= 11 is 0. The van der Waals surface area contributed by atoms with Crippen molar-refractivity contribution in [2.45, 2.75) is 32.9 Å². The van der Waals surface area contributed by atoms with Crippen molar-refractivity contribution in [1.82, 2.24) is 10.2 Å². The van der Waals surface area contributed by atoms with E-state index in [2.05, 4.69) is 15.1 Å². The van der Waals surface area contributed by atoms with Gasteiger partial charge >= 0.3 is 0 Å². The molecule has 0 radical (unpaired) electrons. The number of amides is 1. The zero-order valence-corrected chi connectivity index (χ0v) is 13.0. The lowest BCUT2D eigenvalue weighted by Crippen LogP contribution is -2.54. The van der Waals surface area contributed by atoms with Gasteiger partial charge in [0.05, 0.1) is 6.04 Å². The number of benzene rings is 1. The van der Waals surface area contributed by atoms with Crippen LogP contribution in [-0.4, -0.2) is 54.2 Å². The van der Waals surface area contributed by atoms with Crippen LogP contribution in [0.3, 0.4) is 0 Å². The molecule has 1 amide bonds. The van der Waals surface area contributed by atoms with Gasteiger partial charge in [-0.3, -0.25) is 9.69 Å². The molecule has 2 N–H and O–H groups in total. The summed E-state index contributed by atoms with van der Waals surface area (Å²) in [5.74, 6) is 0.388. The Morgan fingerprint density at radius 3 is 2.19 bits per heavy atom. The predicted molar refractivity (Wildman–Crippen MR) is 84.6 cm³/mol. The maximum atomic E-state index is 12.0. The highest BCUT2D eigenvalue weighted by molar-refractivity contribution is 5.81. The van der Waals surface area contributed by atoms with Gasteiger partial charge in [-0.15, -0.1) is 0 Å². The van der Waals surface area contributed by atoms with Crippen LogP contribution in [0.15, 0.2) is 24.3 Å². The van der Waals surface area contributed by atoms with Gasteiger partial charge in [-0.25, -0.2) is 0 Å². The van der Waals surface area contributed by atoms with E-state index in [1.807, 2.05) is 32.9 Å². The van der Waals surface area contributed by atoms with Crippen molar-refractivity contribution in [2.75, 3.05) is 31.1 Å². The predicted octanol–water partition coefficient (Wildman–Crippen LogP) is 1.43. The fourth-order valence-electron chi connectivity index (χ4n) is 2.60. The monoisotopic (exact) mass is 291 g/mol. The van der Waals surface area contributed by atoms with Crippen molar-refractivity contribution in [3.63, 3.8) is 0 Å². The zero-order valence-electron chi connectivity index (χ0n) is 13.0. The van der Waals surface area contributed by atoms with Crippen molar-refractivity contribution in [2.24, 2.45) is 0 Å². The Kier molecular flexibility index (Phi) is 5.07. The minimum Gasteiger partial charge on any atom is -0.508 e. The van der Waals surface area contributed by atoms with Gasteiger partial charge in [0.15, 0.2) is 0 Å². The number of carbonyl (C=O) groups is 1. The summed E-state index contributed by atoms with van der Waals surface area (Å²) in [4.78, 5) is 16.5. The molecule has 1 fully saturated rings. The van der Waals surface area contributed by atoms with E-state index in [-0.39, 0.29) is 23.7 Å². The van der Waals surface area contributed by atoms with Crippen LogP contribution in [0.2, 0.25) is 0 Å². The normalized spacial score (nSPS) is 17.8. The summed E-state index contributed by atoms with van der Waals surface area (Å²) in [7, 11) is 0. The van der Waals surface area contributed by atoms with Crippen molar-refractivity contribution in [1.29, 1.82) is 0 Å². The van der Waals surface area contributed by atoms with Gasteiger partial charge in [0.2, 0.25) is 5.91 Å². The Hall–Kier alpha value is -1.75. The molecule has 1 aliphatic rings. The lowest BCUT2D eigenvalue weighted by molar-refractivity contribution is -0.126. The van der Waals surface area contributed by atoms with Crippen LogP contribution in [-0.2, 0) is 4.79 Å². The highest BCUT2D eigenvalue weighted by atomic mass is 16.3. The van der Waals surface area contributed by atoms with E-state index in [4.69, 9.17) is 0 Å². The van der Waals surface area contributed by atoms with Gasteiger partial charge in [0.1, 0.15) is 5.75 Å². The second kappa shape index (κ2) is 6.80. The Morgan fingerprint density at radius 2 is 1.67 bits per heavy atom. The molecular formula is C16H25N3O2. The Balaban J connectivity index is 1.88. The lowest BCUT2D eigenvalue weighted by atomic mass is 10.2. The van der Waals surface area contributed by atoms with Gasteiger partial charge in [-0.2, -0.15) is 0 Å². The van der Waals surface area contributed by atoms with Crippen LogP contribution in [0, 0.1) is 0 Å². The Bertz CT molecular complexity index is 465. The van der Waals surface area contributed by atoms with Gasteiger partial charge in [0, 0.05) is 37.9 Å². The fraction of sp³-hybridized carbons (Fsp3) is 0.562. The number of rotatable bonds is 4. The molecule has 5 heteroatoms. The molecule has 1 saturated heterocycles. The number of phenolic OH excluding ortho intramolecular Hbond substituents is 1. The molecule has 1 atom stereocenters. The third-order valence-corrected chi connectivity index (χ3v) is 3.89. The maximum absolute atomic E-state index is 12.0. The first-order valence-corrected chi connectivity index (χ1v) is 7.56. The van der Waals surface area contributed by atoms with Gasteiger partial charge in [0.25, 0.3) is 0 Å². The summed E-state index contributed by atoms with van der Waals surface area (Å²) in [6.07, 6.45) is 0. The van der Waals surface area contributed by atoms with Crippen molar-refractivity contribution in [3.05, 3.63) is 24.3 Å². The largest absolute Gasteiger partial charge is 0.508 e. The number of nitrogens with one attached hydrogen (secondary N) is 1. The zero-order chi connectivity index (χ0) is 15.4. The molecule has 0 spiro atoms. The molecule has 0 saturated carbocycles. The summed E-state index contributed by atoms with van der Waals surface area (Å²) < 4.78 is 0. The first-order chi connectivity index (χ1) is 9.97. The van der Waals surface area contributed by atoms with Gasteiger partial charge in [-0.1, -0.05) is 0 Å². The third kappa shape index (κ3) is 4.11. The lowest BCUT2D eigenvalue weighted by Gasteiger charge is -2.38. The molecule has 0 aromatic heterocycles. The highest BCUT2D eigenvalue weighted by Gasteiger charge is 2.25. The summed E-state index contributed by atoms with van der Waals surface area (Å²) in [5, 5.41) is 12.3. The van der Waals surface area contributed by atoms with E-state index in [0.29, 0.717) is 0 Å². The maximum Gasteiger partial charge on any atom is 0.237 e. The number of hydrogen-bond acceptors (Lipinski definition) is 4. The van der Waals surface area contributed by atoms with Crippen LogP contribution in [0.1, 0.15) is 20.8 Å². The van der Waals surface area contributed by atoms with Crippen LogP contribution in [0.5, 0.6) is 5.75 Å². The molecule has 21 heavy (non-hydrogen) atoms. The SMILES string of the molecule is CC(C)NC(=O)[C@@H](C)N1CCN(c2ccc(O)cc2)CC1. The smallest absolute Gasteiger partial charge is 0.237 e. The molecule has 1 aliphatic heterocycles. The van der Waals surface area contributed by atoms with E-state index in [9.17, 15) is 9.90 Å². The average molecular weight is 291 g/mol. The molecule has 2 rings (SSSR count). The molecule has 0 aliphatic carbocycles. The molecule has 5 nitrogen and oxygen atoms in total. The van der Waals surface area contributed by atoms with Crippen LogP contribution < -0.4 is 10.2 Å². The molecule has 116 valence electrons. The molecule has 1 aromatic carbocycles. The summed E-state index contributed by atoms with van der Waals surface area (Å²) in [6, 6.07) is 7.37. The van der Waals surface area contributed by atoms with Crippen molar-refractivity contribution < 1.29 is 9.90 Å². The quantitative estimate of drug-likeness (QED) is 0.881. The van der Waals surface area contributed by atoms with E-state index in [0.717, 1.165) is 31.9 Å². The van der Waals surface area contributed by atoms with E-state index >= 15 is 0 Å². The second-order valence-corrected chi connectivity index (χ2v) is 5.88. The number of nitrogens with zero attached hydrogens (tertiary/aromatic N) is 2. The van der Waals surface area contributed by atoms with Gasteiger partial charge < -0.3 is 15.3 Å². The standard InChI is InChI=1S/C16H25N3O2/c1-12(2)17-16(21)13(3)18-8-10-19(11-9-18)14-4-6-15(20)7-5-14/h4-7,12-13,20H,8-11H2,1-3H3,(H,17,21)/t13-/m1/s1. The number of carbonyl (C=O) groups excluding carboxylic acids is 1. The third-order valence-electron chi connectivity index (χ3n) is 3.89. The van der Waals surface area contributed by atoms with E-state index in [1.165, 1.54) is 0 Å². The Labute approximate surface area is 126 Å².